The number of H-pyrrole nitrogens is 1. The minimum atomic E-state index is -0.598. The van der Waals surface area contributed by atoms with E-state index in [-0.39, 0.29) is 12.0 Å². The molecule has 1 fully saturated rings. The second-order valence-electron chi connectivity index (χ2n) is 11.4. The maximum atomic E-state index is 13.1. The van der Waals surface area contributed by atoms with Crippen molar-refractivity contribution in [2.45, 2.75) is 72.1 Å². The summed E-state index contributed by atoms with van der Waals surface area (Å²) in [5.41, 5.74) is 4.68. The third-order valence-corrected chi connectivity index (χ3v) is 7.52. The number of nitrogens with one attached hydrogen (secondary N) is 1. The van der Waals surface area contributed by atoms with Crippen LogP contribution in [0.15, 0.2) is 36.7 Å². The van der Waals surface area contributed by atoms with E-state index in [1.165, 1.54) is 0 Å². The van der Waals surface area contributed by atoms with E-state index in [1.54, 1.807) is 31.0 Å². The number of esters is 1. The van der Waals surface area contributed by atoms with Crippen LogP contribution in [0.25, 0.3) is 21.8 Å². The second kappa shape index (κ2) is 11.0. The van der Waals surface area contributed by atoms with Crippen molar-refractivity contribution in [2.24, 2.45) is 0 Å². The molecule has 0 radical (unpaired) electrons. The molecule has 9 heteroatoms. The molecule has 0 bridgehead atoms. The number of aryl methyl sites for hydroxylation is 1. The van der Waals surface area contributed by atoms with Crippen LogP contribution in [0, 0.1) is 6.92 Å². The first-order valence-electron chi connectivity index (χ1n) is 13.9. The minimum absolute atomic E-state index is 0.113. The highest BCUT2D eigenvalue weighted by Gasteiger charge is 2.30. The topological polar surface area (TPSA) is 98.7 Å². The average molecular weight is 547 g/mol. The highest BCUT2D eigenvalue weighted by Crippen LogP contribution is 2.40. The molecule has 4 aromatic rings. The molecule has 2 aromatic heterocycles. The molecular weight excluding hydrogens is 508 g/mol. The van der Waals surface area contributed by atoms with Crippen molar-refractivity contribution in [3.05, 3.63) is 58.9 Å². The maximum Gasteiger partial charge on any atom is 0.419 e. The third-order valence-electron chi connectivity index (χ3n) is 7.52. The summed E-state index contributed by atoms with van der Waals surface area (Å²) >= 11 is 0. The van der Waals surface area contributed by atoms with Gasteiger partial charge in [0.1, 0.15) is 11.4 Å². The summed E-state index contributed by atoms with van der Waals surface area (Å²) in [5, 5.41) is 9.15. The SMILES string of the molecule is CCOC(=O)c1ccc(C2CCCCN2Cc2c(OC)cc(C)c3c2ccn3C(=O)OC(C)(C)C)c2[nH]ncc12. The van der Waals surface area contributed by atoms with E-state index in [0.717, 1.165) is 70.1 Å². The number of fused-ring (bicyclic) bond motifs is 2. The van der Waals surface area contributed by atoms with E-state index in [0.29, 0.717) is 18.7 Å². The number of benzene rings is 2. The van der Waals surface area contributed by atoms with Crippen LogP contribution in [0.4, 0.5) is 4.79 Å². The van der Waals surface area contributed by atoms with Crippen LogP contribution in [0.3, 0.4) is 0 Å². The zero-order chi connectivity index (χ0) is 28.6. The van der Waals surface area contributed by atoms with Gasteiger partial charge in [0, 0.05) is 35.1 Å². The number of rotatable bonds is 6. The molecule has 1 aliphatic heterocycles. The molecular formula is C31H38N4O5. The van der Waals surface area contributed by atoms with Gasteiger partial charge in [0.05, 0.1) is 36.5 Å². The Morgan fingerprint density at radius 3 is 2.67 bits per heavy atom. The van der Waals surface area contributed by atoms with Crippen molar-refractivity contribution in [2.75, 3.05) is 20.3 Å². The van der Waals surface area contributed by atoms with Gasteiger partial charge in [-0.15, -0.1) is 0 Å². The van der Waals surface area contributed by atoms with Gasteiger partial charge in [-0.1, -0.05) is 12.5 Å². The van der Waals surface area contributed by atoms with Gasteiger partial charge < -0.3 is 14.2 Å². The standard InChI is InChI=1S/C31H38N4O5/c1-7-39-29(36)21-11-12-22(27-23(21)17-32-33-27)25-10-8-9-14-34(25)18-24-20-13-15-35(30(37)40-31(3,4)5)28(20)19(2)16-26(24)38-6/h11-13,15-17,25H,7-10,14,18H2,1-6H3,(H,32,33). The zero-order valence-electron chi connectivity index (χ0n) is 24.2. The molecule has 1 unspecified atom stereocenters. The molecule has 1 saturated heterocycles. The Balaban J connectivity index is 1.55. The predicted molar refractivity (Wildman–Crippen MR) is 154 cm³/mol. The summed E-state index contributed by atoms with van der Waals surface area (Å²) in [7, 11) is 1.69. The number of methoxy groups -OCH3 is 1. The average Bonchev–Trinajstić information content (AvgIpc) is 3.58. The van der Waals surface area contributed by atoms with E-state index < -0.39 is 11.7 Å². The predicted octanol–water partition coefficient (Wildman–Crippen LogP) is 6.52. The molecule has 0 saturated carbocycles. The van der Waals surface area contributed by atoms with E-state index in [9.17, 15) is 9.59 Å². The molecule has 2 aromatic carbocycles. The number of hydrogen-bond donors (Lipinski definition) is 1. The molecule has 3 heterocycles. The molecule has 1 aliphatic rings. The molecule has 0 amide bonds. The van der Waals surface area contributed by atoms with Gasteiger partial charge >= 0.3 is 12.1 Å². The van der Waals surface area contributed by atoms with Gasteiger partial charge in [-0.2, -0.15) is 5.10 Å². The molecule has 212 valence electrons. The largest absolute Gasteiger partial charge is 0.496 e. The van der Waals surface area contributed by atoms with Crippen molar-refractivity contribution >= 4 is 33.9 Å². The van der Waals surface area contributed by atoms with E-state index >= 15 is 0 Å². The van der Waals surface area contributed by atoms with Crippen LogP contribution in [-0.4, -0.2) is 57.6 Å². The number of ether oxygens (including phenoxy) is 3. The van der Waals surface area contributed by atoms with Crippen molar-refractivity contribution in [1.29, 1.82) is 0 Å². The zero-order valence-corrected chi connectivity index (χ0v) is 24.2. The van der Waals surface area contributed by atoms with Crippen LogP contribution in [-0.2, 0) is 16.0 Å². The van der Waals surface area contributed by atoms with Crippen LogP contribution >= 0.6 is 0 Å². The maximum absolute atomic E-state index is 13.1. The number of piperidine rings is 1. The Bertz CT molecular complexity index is 1560. The number of nitrogens with zero attached hydrogens (tertiary/aromatic N) is 3. The van der Waals surface area contributed by atoms with Crippen molar-refractivity contribution in [1.82, 2.24) is 19.7 Å². The number of carbonyl (C=O) groups is 2. The van der Waals surface area contributed by atoms with Crippen molar-refractivity contribution in [3.8, 4) is 5.75 Å². The van der Waals surface area contributed by atoms with Crippen LogP contribution in [0.5, 0.6) is 5.75 Å². The van der Waals surface area contributed by atoms with Gasteiger partial charge in [-0.05, 0) is 83.3 Å². The summed E-state index contributed by atoms with van der Waals surface area (Å²) in [5.74, 6) is 0.447. The highest BCUT2D eigenvalue weighted by atomic mass is 16.6. The fourth-order valence-electron chi connectivity index (χ4n) is 5.83. The summed E-state index contributed by atoms with van der Waals surface area (Å²) in [6, 6.07) is 7.96. The first-order valence-corrected chi connectivity index (χ1v) is 13.9. The lowest BCUT2D eigenvalue weighted by Gasteiger charge is -2.37. The molecule has 0 spiro atoms. The quantitative estimate of drug-likeness (QED) is 0.275. The Hall–Kier alpha value is -3.85. The first kappa shape index (κ1) is 27.7. The lowest BCUT2D eigenvalue weighted by molar-refractivity contribution is 0.0523. The van der Waals surface area contributed by atoms with Crippen LogP contribution in [0.1, 0.15) is 80.0 Å². The van der Waals surface area contributed by atoms with Gasteiger partial charge in [0.25, 0.3) is 0 Å². The Morgan fingerprint density at radius 1 is 1.15 bits per heavy atom. The van der Waals surface area contributed by atoms with E-state index in [2.05, 4.69) is 15.1 Å². The van der Waals surface area contributed by atoms with Crippen LogP contribution in [0.2, 0.25) is 0 Å². The highest BCUT2D eigenvalue weighted by molar-refractivity contribution is 6.04. The van der Waals surface area contributed by atoms with Gasteiger partial charge in [-0.3, -0.25) is 14.6 Å². The number of likely N-dealkylation sites (tertiary alicyclic amines) is 1. The lowest BCUT2D eigenvalue weighted by Crippen LogP contribution is -2.33. The smallest absolute Gasteiger partial charge is 0.419 e. The third kappa shape index (κ3) is 5.18. The van der Waals surface area contributed by atoms with Crippen molar-refractivity contribution in [3.63, 3.8) is 0 Å². The summed E-state index contributed by atoms with van der Waals surface area (Å²) in [6.45, 7) is 11.2. The molecule has 5 rings (SSSR count). The summed E-state index contributed by atoms with van der Waals surface area (Å²) < 4.78 is 18.4. The number of aromatic amines is 1. The van der Waals surface area contributed by atoms with Crippen molar-refractivity contribution < 1.29 is 23.8 Å². The van der Waals surface area contributed by atoms with E-state index in [1.807, 2.05) is 52.0 Å². The van der Waals surface area contributed by atoms with Gasteiger partial charge in [-0.25, -0.2) is 9.59 Å². The molecule has 40 heavy (non-hydrogen) atoms. The summed E-state index contributed by atoms with van der Waals surface area (Å²) in [4.78, 5) is 28.1. The Kier molecular flexibility index (Phi) is 7.59. The molecule has 1 atom stereocenters. The van der Waals surface area contributed by atoms with E-state index in [4.69, 9.17) is 14.2 Å². The van der Waals surface area contributed by atoms with Gasteiger partial charge in [0.15, 0.2) is 0 Å². The fraction of sp³-hybridized carbons (Fsp3) is 0.452. The molecule has 0 aliphatic carbocycles. The number of aromatic nitrogens is 3. The van der Waals surface area contributed by atoms with Crippen LogP contribution < -0.4 is 4.74 Å². The molecule has 9 nitrogen and oxygen atoms in total. The summed E-state index contributed by atoms with van der Waals surface area (Å²) in [6.07, 6.45) is 6.24. The number of carbonyl (C=O) groups excluding carboxylic acids is 2. The fourth-order valence-corrected chi connectivity index (χ4v) is 5.83. The number of hydrogen-bond acceptors (Lipinski definition) is 7. The lowest BCUT2D eigenvalue weighted by atomic mass is 9.91. The molecule has 1 N–H and O–H groups in total. The Labute approximate surface area is 234 Å². The minimum Gasteiger partial charge on any atom is -0.496 e. The first-order chi connectivity index (χ1) is 19.1. The second-order valence-corrected chi connectivity index (χ2v) is 11.4. The van der Waals surface area contributed by atoms with Gasteiger partial charge in [0.2, 0.25) is 0 Å². The normalized spacial score (nSPS) is 16.4. The Morgan fingerprint density at radius 2 is 1.95 bits per heavy atom. The monoisotopic (exact) mass is 546 g/mol.